The number of nitrogens with zero attached hydrogens (tertiary/aromatic N) is 2. The fourth-order valence-corrected chi connectivity index (χ4v) is 4.38. The summed E-state index contributed by atoms with van der Waals surface area (Å²) in [6, 6.07) is 15.1. The summed E-state index contributed by atoms with van der Waals surface area (Å²) in [6.45, 7) is 0. The highest BCUT2D eigenvalue weighted by atomic mass is 35.5. The van der Waals surface area contributed by atoms with Gasteiger partial charge in [0, 0.05) is 44.7 Å². The van der Waals surface area contributed by atoms with Gasteiger partial charge in [-0.3, -0.25) is 4.98 Å². The molecule has 1 N–H and O–H groups in total. The Kier molecular flexibility index (Phi) is 5.42. The SMILES string of the molecule is OC(c1cccnc1)c1c(-c2ccc(Cl)cc2F)nsc1-c1ccccc1Cl. The third kappa shape index (κ3) is 3.54. The normalized spacial score (nSPS) is 12.1. The lowest BCUT2D eigenvalue weighted by molar-refractivity contribution is 0.221. The molecule has 7 heteroatoms. The van der Waals surface area contributed by atoms with Gasteiger partial charge < -0.3 is 5.11 Å². The summed E-state index contributed by atoms with van der Waals surface area (Å²) in [6.07, 6.45) is 2.14. The van der Waals surface area contributed by atoms with Crippen LogP contribution in [0.5, 0.6) is 0 Å². The molecule has 0 aliphatic heterocycles. The molecule has 2 heterocycles. The van der Waals surface area contributed by atoms with Crippen molar-refractivity contribution in [2.75, 3.05) is 0 Å². The molecule has 0 spiro atoms. The van der Waals surface area contributed by atoms with Crippen molar-refractivity contribution < 1.29 is 9.50 Å². The molecule has 2 aromatic carbocycles. The first-order chi connectivity index (χ1) is 13.6. The number of benzene rings is 2. The van der Waals surface area contributed by atoms with Crippen LogP contribution in [0.4, 0.5) is 4.39 Å². The number of aliphatic hydroxyl groups is 1. The number of pyridine rings is 1. The standard InChI is InChI=1S/C21H13Cl2FN2OS/c22-13-7-8-15(17(24)10-13)19-18(20(27)12-4-3-9-25-11-12)21(28-26-19)14-5-1-2-6-16(14)23/h1-11,20,27H. The van der Waals surface area contributed by atoms with Crippen LogP contribution in [-0.2, 0) is 0 Å². The first kappa shape index (κ1) is 19.0. The minimum Gasteiger partial charge on any atom is -0.383 e. The largest absolute Gasteiger partial charge is 0.383 e. The zero-order chi connectivity index (χ0) is 19.7. The smallest absolute Gasteiger partial charge is 0.134 e. The third-order valence-electron chi connectivity index (χ3n) is 4.31. The van der Waals surface area contributed by atoms with E-state index in [2.05, 4.69) is 9.36 Å². The first-order valence-corrected chi connectivity index (χ1v) is 9.87. The Morgan fingerprint density at radius 3 is 2.54 bits per heavy atom. The molecule has 0 fully saturated rings. The van der Waals surface area contributed by atoms with Crippen LogP contribution in [0.15, 0.2) is 67.0 Å². The van der Waals surface area contributed by atoms with Gasteiger partial charge in [-0.05, 0) is 41.9 Å². The maximum atomic E-state index is 14.6. The van der Waals surface area contributed by atoms with Crippen LogP contribution in [0.3, 0.4) is 0 Å². The number of rotatable bonds is 4. The molecule has 0 bridgehead atoms. The Labute approximate surface area is 175 Å². The molecule has 0 aliphatic carbocycles. The predicted molar refractivity (Wildman–Crippen MR) is 111 cm³/mol. The number of hydrogen-bond donors (Lipinski definition) is 1. The molecule has 3 nitrogen and oxygen atoms in total. The summed E-state index contributed by atoms with van der Waals surface area (Å²) in [5.41, 5.74) is 2.39. The Bertz CT molecular complexity index is 1130. The number of halogens is 3. The number of aromatic nitrogens is 2. The average Bonchev–Trinajstić information content (AvgIpc) is 3.13. The molecule has 0 saturated carbocycles. The molecule has 0 radical (unpaired) electrons. The molecule has 0 amide bonds. The zero-order valence-corrected chi connectivity index (χ0v) is 16.6. The van der Waals surface area contributed by atoms with Gasteiger partial charge in [0.2, 0.25) is 0 Å². The Balaban J connectivity index is 1.96. The van der Waals surface area contributed by atoms with E-state index in [0.717, 1.165) is 17.1 Å². The van der Waals surface area contributed by atoms with E-state index in [0.29, 0.717) is 26.7 Å². The van der Waals surface area contributed by atoms with Crippen LogP contribution < -0.4 is 0 Å². The van der Waals surface area contributed by atoms with Crippen molar-refractivity contribution in [2.24, 2.45) is 0 Å². The van der Waals surface area contributed by atoms with Crippen molar-refractivity contribution in [3.63, 3.8) is 0 Å². The van der Waals surface area contributed by atoms with E-state index >= 15 is 0 Å². The van der Waals surface area contributed by atoms with Gasteiger partial charge >= 0.3 is 0 Å². The Morgan fingerprint density at radius 2 is 1.82 bits per heavy atom. The van der Waals surface area contributed by atoms with E-state index in [1.807, 2.05) is 18.2 Å². The molecule has 0 saturated heterocycles. The van der Waals surface area contributed by atoms with Gasteiger partial charge in [-0.15, -0.1) is 0 Å². The molecule has 2 aromatic heterocycles. The highest BCUT2D eigenvalue weighted by Crippen LogP contribution is 2.44. The van der Waals surface area contributed by atoms with Crippen LogP contribution in [0.2, 0.25) is 10.0 Å². The number of hydrogen-bond acceptors (Lipinski definition) is 4. The van der Waals surface area contributed by atoms with E-state index in [1.165, 1.54) is 6.07 Å². The van der Waals surface area contributed by atoms with Gasteiger partial charge in [-0.1, -0.05) is 47.5 Å². The van der Waals surface area contributed by atoms with Crippen molar-refractivity contribution in [2.45, 2.75) is 6.10 Å². The predicted octanol–water partition coefficient (Wildman–Crippen LogP) is 6.40. The van der Waals surface area contributed by atoms with Gasteiger partial charge in [0.1, 0.15) is 11.9 Å². The molecule has 0 aliphatic rings. The van der Waals surface area contributed by atoms with Crippen molar-refractivity contribution in [1.29, 1.82) is 0 Å². The summed E-state index contributed by atoms with van der Waals surface area (Å²) in [4.78, 5) is 4.75. The lowest BCUT2D eigenvalue weighted by Gasteiger charge is -2.15. The molecule has 1 atom stereocenters. The molecular weight excluding hydrogens is 418 g/mol. The van der Waals surface area contributed by atoms with E-state index in [-0.39, 0.29) is 10.6 Å². The van der Waals surface area contributed by atoms with Crippen LogP contribution in [-0.4, -0.2) is 14.5 Å². The van der Waals surface area contributed by atoms with Gasteiger partial charge in [0.25, 0.3) is 0 Å². The summed E-state index contributed by atoms with van der Waals surface area (Å²) >= 11 is 13.4. The van der Waals surface area contributed by atoms with Crippen molar-refractivity contribution >= 4 is 34.7 Å². The van der Waals surface area contributed by atoms with E-state index in [4.69, 9.17) is 23.2 Å². The minimum atomic E-state index is -1.05. The molecular formula is C21H13Cl2FN2OS. The maximum Gasteiger partial charge on any atom is 0.134 e. The van der Waals surface area contributed by atoms with Crippen molar-refractivity contribution in [1.82, 2.24) is 9.36 Å². The van der Waals surface area contributed by atoms with Crippen LogP contribution in [0, 0.1) is 5.82 Å². The average molecular weight is 431 g/mol. The topological polar surface area (TPSA) is 46.0 Å². The number of aliphatic hydroxyl groups excluding tert-OH is 1. The van der Waals surface area contributed by atoms with Crippen LogP contribution in [0.1, 0.15) is 17.2 Å². The molecule has 1 unspecified atom stereocenters. The highest BCUT2D eigenvalue weighted by Gasteiger charge is 2.26. The van der Waals surface area contributed by atoms with Gasteiger partial charge in [-0.2, -0.15) is 4.37 Å². The van der Waals surface area contributed by atoms with Crippen molar-refractivity contribution in [3.8, 4) is 21.7 Å². The molecule has 4 aromatic rings. The maximum absolute atomic E-state index is 14.6. The fraction of sp³-hybridized carbons (Fsp3) is 0.0476. The summed E-state index contributed by atoms with van der Waals surface area (Å²) in [5.74, 6) is -0.511. The summed E-state index contributed by atoms with van der Waals surface area (Å²) in [5, 5.41) is 11.9. The highest BCUT2D eigenvalue weighted by molar-refractivity contribution is 7.10. The lowest BCUT2D eigenvalue weighted by atomic mass is 9.95. The zero-order valence-electron chi connectivity index (χ0n) is 14.3. The summed E-state index contributed by atoms with van der Waals surface area (Å²) in [7, 11) is 0. The minimum absolute atomic E-state index is 0.261. The van der Waals surface area contributed by atoms with Gasteiger partial charge in [0.05, 0.1) is 10.6 Å². The second-order valence-electron chi connectivity index (χ2n) is 6.07. The summed E-state index contributed by atoms with van der Waals surface area (Å²) < 4.78 is 19.1. The van der Waals surface area contributed by atoms with E-state index in [9.17, 15) is 9.50 Å². The molecule has 4 rings (SSSR count). The second kappa shape index (κ2) is 7.97. The van der Waals surface area contributed by atoms with Crippen LogP contribution >= 0.6 is 34.7 Å². The van der Waals surface area contributed by atoms with Crippen LogP contribution in [0.25, 0.3) is 21.7 Å². The van der Waals surface area contributed by atoms with Crippen molar-refractivity contribution in [3.05, 3.63) is 94.0 Å². The molecule has 140 valence electrons. The monoisotopic (exact) mass is 430 g/mol. The van der Waals surface area contributed by atoms with Gasteiger partial charge in [-0.25, -0.2) is 4.39 Å². The van der Waals surface area contributed by atoms with Gasteiger partial charge in [0.15, 0.2) is 0 Å². The van der Waals surface area contributed by atoms with E-state index in [1.54, 1.807) is 42.7 Å². The third-order valence-corrected chi connectivity index (χ3v) is 5.77. The second-order valence-corrected chi connectivity index (χ2v) is 7.68. The first-order valence-electron chi connectivity index (χ1n) is 8.34. The lowest BCUT2D eigenvalue weighted by Crippen LogP contribution is -2.03. The molecule has 28 heavy (non-hydrogen) atoms. The quantitative estimate of drug-likeness (QED) is 0.407. The Hall–Kier alpha value is -2.31. The van der Waals surface area contributed by atoms with E-state index < -0.39 is 11.9 Å². The Morgan fingerprint density at radius 1 is 1.00 bits per heavy atom. The fourth-order valence-electron chi connectivity index (χ4n) is 2.97.